The summed E-state index contributed by atoms with van der Waals surface area (Å²) in [7, 11) is 0. The molecule has 32 heavy (non-hydrogen) atoms. The van der Waals surface area contributed by atoms with Crippen molar-refractivity contribution in [2.45, 2.75) is 26.8 Å². The van der Waals surface area contributed by atoms with E-state index in [-0.39, 0.29) is 36.2 Å². The van der Waals surface area contributed by atoms with Crippen molar-refractivity contribution in [3.05, 3.63) is 54.1 Å². The van der Waals surface area contributed by atoms with E-state index in [0.29, 0.717) is 36.6 Å². The van der Waals surface area contributed by atoms with Crippen molar-refractivity contribution in [3.63, 3.8) is 0 Å². The Morgan fingerprint density at radius 2 is 1.69 bits per heavy atom. The summed E-state index contributed by atoms with van der Waals surface area (Å²) in [6.45, 7) is 7.74. The molecule has 0 aromatic heterocycles. The number of nitrogens with one attached hydrogen (secondary N) is 3. The first-order valence-electron chi connectivity index (χ1n) is 10.8. The highest BCUT2D eigenvalue weighted by atomic mass is 16.5. The molecule has 0 bridgehead atoms. The lowest BCUT2D eigenvalue weighted by Crippen LogP contribution is -2.58. The third kappa shape index (κ3) is 6.07. The van der Waals surface area contributed by atoms with Gasteiger partial charge >= 0.3 is 0 Å². The van der Waals surface area contributed by atoms with E-state index in [2.05, 4.69) is 16.0 Å². The number of rotatable bonds is 8. The number of hydrogen-bond acceptors (Lipinski definition) is 5. The van der Waals surface area contributed by atoms with Gasteiger partial charge in [-0.3, -0.25) is 19.3 Å². The highest BCUT2D eigenvalue weighted by Gasteiger charge is 2.33. The van der Waals surface area contributed by atoms with E-state index in [1.165, 1.54) is 0 Å². The first-order chi connectivity index (χ1) is 15.4. The minimum atomic E-state index is -0.317. The molecule has 2 aromatic rings. The highest BCUT2D eigenvalue weighted by Crippen LogP contribution is 2.18. The molecule has 8 heteroatoms. The smallest absolute Gasteiger partial charge is 0.255 e. The molecule has 1 aliphatic heterocycles. The molecule has 170 valence electrons. The molecule has 0 radical (unpaired) electrons. The van der Waals surface area contributed by atoms with Gasteiger partial charge in [0.15, 0.2) is 0 Å². The second-order valence-electron chi connectivity index (χ2n) is 7.99. The van der Waals surface area contributed by atoms with Gasteiger partial charge in [-0.2, -0.15) is 0 Å². The number of ether oxygens (including phenoxy) is 1. The van der Waals surface area contributed by atoms with Gasteiger partial charge in [0.2, 0.25) is 11.8 Å². The molecular formula is C24H30N4O4. The fraction of sp³-hybridized carbons (Fsp3) is 0.375. The highest BCUT2D eigenvalue weighted by molar-refractivity contribution is 6.04. The van der Waals surface area contributed by atoms with E-state index in [4.69, 9.17) is 4.74 Å². The normalized spacial score (nSPS) is 16.4. The first-order valence-corrected chi connectivity index (χ1v) is 10.8. The molecule has 3 N–H and O–H groups in total. The van der Waals surface area contributed by atoms with Crippen LogP contribution < -0.4 is 20.7 Å². The monoisotopic (exact) mass is 438 g/mol. The van der Waals surface area contributed by atoms with Crippen molar-refractivity contribution in [3.8, 4) is 5.75 Å². The van der Waals surface area contributed by atoms with E-state index < -0.39 is 0 Å². The summed E-state index contributed by atoms with van der Waals surface area (Å²) in [4.78, 5) is 39.0. The van der Waals surface area contributed by atoms with Crippen LogP contribution in [0.4, 0.5) is 11.4 Å². The summed E-state index contributed by atoms with van der Waals surface area (Å²) in [6, 6.07) is 13.5. The lowest BCUT2D eigenvalue weighted by Gasteiger charge is -2.36. The predicted molar refractivity (Wildman–Crippen MR) is 124 cm³/mol. The second kappa shape index (κ2) is 10.8. The van der Waals surface area contributed by atoms with Crippen LogP contribution in [0.1, 0.15) is 31.1 Å². The molecule has 1 aliphatic rings. The van der Waals surface area contributed by atoms with E-state index in [1.54, 1.807) is 48.5 Å². The zero-order valence-corrected chi connectivity index (χ0v) is 18.7. The van der Waals surface area contributed by atoms with Gasteiger partial charge in [-0.25, -0.2) is 0 Å². The molecule has 1 fully saturated rings. The van der Waals surface area contributed by atoms with E-state index >= 15 is 0 Å². The second-order valence-corrected chi connectivity index (χ2v) is 7.99. The van der Waals surface area contributed by atoms with Crippen molar-refractivity contribution in [1.29, 1.82) is 0 Å². The van der Waals surface area contributed by atoms with Crippen molar-refractivity contribution in [2.75, 3.05) is 36.9 Å². The Balaban J connectivity index is 1.55. The molecule has 1 unspecified atom stereocenters. The van der Waals surface area contributed by atoms with Crippen LogP contribution in [-0.2, 0) is 9.59 Å². The maximum atomic E-state index is 12.5. The standard InChI is InChI=1S/C24H30N4O4/c1-4-32-20-11-9-19(10-12-20)27-23(30)17-5-7-18(8-6-17)26-21(29)15-28-14-13-25-24(31)22(28)16(2)3/h5-12,16,22H,4,13-15H2,1-3H3,(H,25,31)(H,26,29)(H,27,30). The third-order valence-electron chi connectivity index (χ3n) is 5.19. The summed E-state index contributed by atoms with van der Waals surface area (Å²) in [6.07, 6.45) is 0. The topological polar surface area (TPSA) is 99.8 Å². The summed E-state index contributed by atoms with van der Waals surface area (Å²) in [5, 5.41) is 8.53. The maximum absolute atomic E-state index is 12.5. The number of piperazine rings is 1. The lowest BCUT2D eigenvalue weighted by atomic mass is 9.99. The minimum Gasteiger partial charge on any atom is -0.494 e. The van der Waals surface area contributed by atoms with E-state index in [9.17, 15) is 14.4 Å². The number of hydrogen-bond donors (Lipinski definition) is 3. The summed E-state index contributed by atoms with van der Waals surface area (Å²) < 4.78 is 5.40. The van der Waals surface area contributed by atoms with E-state index in [1.807, 2.05) is 25.7 Å². The van der Waals surface area contributed by atoms with Crippen LogP contribution in [0.3, 0.4) is 0 Å². The molecular weight excluding hydrogens is 408 g/mol. The third-order valence-corrected chi connectivity index (χ3v) is 5.19. The average Bonchev–Trinajstić information content (AvgIpc) is 2.75. The van der Waals surface area contributed by atoms with Crippen LogP contribution in [0.2, 0.25) is 0 Å². The zero-order chi connectivity index (χ0) is 23.1. The Morgan fingerprint density at radius 3 is 2.31 bits per heavy atom. The van der Waals surface area contributed by atoms with Crippen LogP contribution >= 0.6 is 0 Å². The van der Waals surface area contributed by atoms with Crippen molar-refractivity contribution >= 4 is 29.1 Å². The number of carbonyl (C=O) groups excluding carboxylic acids is 3. The molecule has 3 amide bonds. The van der Waals surface area contributed by atoms with Gasteiger partial charge in [-0.15, -0.1) is 0 Å². The summed E-state index contributed by atoms with van der Waals surface area (Å²) in [5.74, 6) is 0.372. The van der Waals surface area contributed by atoms with Gasteiger partial charge in [0.1, 0.15) is 5.75 Å². The fourth-order valence-corrected chi connectivity index (χ4v) is 3.73. The van der Waals surface area contributed by atoms with Gasteiger partial charge in [0, 0.05) is 30.0 Å². The van der Waals surface area contributed by atoms with Gasteiger partial charge in [0.25, 0.3) is 5.91 Å². The largest absolute Gasteiger partial charge is 0.494 e. The Hall–Kier alpha value is -3.39. The van der Waals surface area contributed by atoms with Crippen molar-refractivity contribution in [2.24, 2.45) is 5.92 Å². The molecule has 0 spiro atoms. The molecule has 1 saturated heterocycles. The number of nitrogens with zero attached hydrogens (tertiary/aromatic N) is 1. The number of benzene rings is 2. The van der Waals surface area contributed by atoms with Crippen molar-refractivity contribution in [1.82, 2.24) is 10.2 Å². The van der Waals surface area contributed by atoms with Crippen LogP contribution in [0, 0.1) is 5.92 Å². The number of anilines is 2. The number of amides is 3. The predicted octanol–water partition coefficient (Wildman–Crippen LogP) is 2.73. The minimum absolute atomic E-state index is 0.0399. The average molecular weight is 439 g/mol. The Bertz CT molecular complexity index is 941. The number of carbonyl (C=O) groups is 3. The molecule has 1 heterocycles. The van der Waals surface area contributed by atoms with Crippen LogP contribution in [0.25, 0.3) is 0 Å². The fourth-order valence-electron chi connectivity index (χ4n) is 3.73. The molecule has 8 nitrogen and oxygen atoms in total. The van der Waals surface area contributed by atoms with Crippen LogP contribution in [-0.4, -0.2) is 54.9 Å². The summed E-state index contributed by atoms with van der Waals surface area (Å²) >= 11 is 0. The Kier molecular flexibility index (Phi) is 7.83. The zero-order valence-electron chi connectivity index (χ0n) is 18.7. The molecule has 0 aliphatic carbocycles. The van der Waals surface area contributed by atoms with Gasteiger partial charge in [-0.05, 0) is 61.4 Å². The summed E-state index contributed by atoms with van der Waals surface area (Å²) in [5.41, 5.74) is 1.74. The van der Waals surface area contributed by atoms with Gasteiger partial charge < -0.3 is 20.7 Å². The molecule has 3 rings (SSSR count). The SMILES string of the molecule is CCOc1ccc(NC(=O)c2ccc(NC(=O)CN3CCNC(=O)C3C(C)C)cc2)cc1. The molecule has 1 atom stereocenters. The van der Waals surface area contributed by atoms with Crippen LogP contribution in [0.15, 0.2) is 48.5 Å². The van der Waals surface area contributed by atoms with Gasteiger partial charge in [-0.1, -0.05) is 13.8 Å². The van der Waals surface area contributed by atoms with Gasteiger partial charge in [0.05, 0.1) is 19.2 Å². The Morgan fingerprint density at radius 1 is 1.06 bits per heavy atom. The van der Waals surface area contributed by atoms with Crippen LogP contribution in [0.5, 0.6) is 5.75 Å². The quantitative estimate of drug-likeness (QED) is 0.589. The first kappa shape index (κ1) is 23.3. The maximum Gasteiger partial charge on any atom is 0.255 e. The van der Waals surface area contributed by atoms with Crippen molar-refractivity contribution < 1.29 is 19.1 Å². The van der Waals surface area contributed by atoms with E-state index in [0.717, 1.165) is 5.75 Å². The molecule has 2 aromatic carbocycles. The lowest BCUT2D eigenvalue weighted by molar-refractivity contribution is -0.132. The Labute approximate surface area is 188 Å². The molecule has 0 saturated carbocycles.